The summed E-state index contributed by atoms with van der Waals surface area (Å²) in [5, 5.41) is 66.1. The molecule has 18 heteroatoms. The topological polar surface area (TPSA) is 248 Å². The van der Waals surface area contributed by atoms with E-state index in [1.54, 1.807) is 0 Å². The maximum Gasteiger partial charge on any atom is 0.303 e. The standard InChI is InChI=1S/C48H74O18/c1-21-10-15-48(59-18-21)22(2)34-31(66-48)17-30-28-9-8-26-16-27(11-13-46(26,6)29(28)12-14-47(30,34)7)62-45-42(65-44-39(55)37(53)35(51)23(3)60-44)38(54)36(52)32(63-45)19-58-43-40(56)41(61-25(5)50)33(64-43)20-57-24(4)49/h8,21-23,27-45,51-56H,9-20H2,1-7H3/t21-,22+,23+,27+,28-,29+,30+,31+,32-,33+,34+,35+,36-,37-,38+,39-,40-,41+,42-,43-,44+,45-,46+,47+,48-/m1/s1. The van der Waals surface area contributed by atoms with Crippen LogP contribution in [0.3, 0.4) is 0 Å². The quantitative estimate of drug-likeness (QED) is 0.135. The van der Waals surface area contributed by atoms with Gasteiger partial charge < -0.3 is 78.0 Å². The zero-order valence-electron chi connectivity index (χ0n) is 39.3. The number of aliphatic hydroxyl groups is 6. The van der Waals surface area contributed by atoms with Crippen molar-refractivity contribution in [2.45, 2.75) is 210 Å². The highest BCUT2D eigenvalue weighted by Gasteiger charge is 2.69. The van der Waals surface area contributed by atoms with Crippen LogP contribution in [0.1, 0.15) is 106 Å². The maximum atomic E-state index is 11.9. The summed E-state index contributed by atoms with van der Waals surface area (Å²) in [4.78, 5) is 23.4. The second-order valence-corrected chi connectivity index (χ2v) is 21.8. The SMILES string of the molecule is CC(=O)OC[C@@H]1O[C@@H](OC[C@H]2O[C@@H](O[C@H]3CC[C@@]4(C)C(=CC[C@H]5[C@@H]6C[C@@H]7O[C@]8(CC[C@@H](C)CO8)[C@@H](C)[C@@H]7[C@@]6(C)CC[C@@H]54)C3)[C@H](O[C@@H]3O[C@@H](C)[C@H](O)[C@@H](O)[C@H]3O)[C@@H](O)[C@@H]2O)[C@H](O)[C@H]1OC(C)=O. The smallest absolute Gasteiger partial charge is 0.303 e. The number of aliphatic hydroxyl groups excluding tert-OH is 6. The Bertz CT molecular complexity index is 1790. The van der Waals surface area contributed by atoms with Crippen LogP contribution in [0.25, 0.3) is 0 Å². The Kier molecular flexibility index (Phi) is 13.9. The summed E-state index contributed by atoms with van der Waals surface area (Å²) in [5.74, 6) is 1.22. The number of fused-ring (bicyclic) bond motifs is 7. The molecule has 18 nitrogen and oxygen atoms in total. The van der Waals surface area contributed by atoms with Gasteiger partial charge in [0.1, 0.15) is 61.5 Å². The minimum atomic E-state index is -1.71. The molecule has 0 radical (unpaired) electrons. The van der Waals surface area contributed by atoms with Crippen LogP contribution < -0.4 is 0 Å². The zero-order chi connectivity index (χ0) is 47.2. The molecule has 5 aliphatic heterocycles. The van der Waals surface area contributed by atoms with Crippen LogP contribution in [0.2, 0.25) is 0 Å². The Morgan fingerprint density at radius 1 is 0.742 bits per heavy atom. The molecule has 0 aromatic rings. The summed E-state index contributed by atoms with van der Waals surface area (Å²) in [5.41, 5.74) is 1.47. The van der Waals surface area contributed by atoms with Crippen LogP contribution >= 0.6 is 0 Å². The Morgan fingerprint density at radius 2 is 1.50 bits per heavy atom. The van der Waals surface area contributed by atoms with Gasteiger partial charge in [-0.25, -0.2) is 0 Å². The lowest BCUT2D eigenvalue weighted by atomic mass is 9.47. The Morgan fingerprint density at radius 3 is 2.21 bits per heavy atom. The molecule has 8 fully saturated rings. The van der Waals surface area contributed by atoms with Crippen LogP contribution in [0.15, 0.2) is 11.6 Å². The lowest BCUT2D eigenvalue weighted by Crippen LogP contribution is -2.64. The third-order valence-corrected chi connectivity index (χ3v) is 17.9. The number of carbonyl (C=O) groups is 2. The van der Waals surface area contributed by atoms with Gasteiger partial charge in [-0.05, 0) is 98.7 Å². The van der Waals surface area contributed by atoms with E-state index in [-0.39, 0.29) is 29.6 Å². The fourth-order valence-corrected chi connectivity index (χ4v) is 14.2. The van der Waals surface area contributed by atoms with E-state index in [1.165, 1.54) is 19.4 Å². The first-order valence-electron chi connectivity index (χ1n) is 24.5. The van der Waals surface area contributed by atoms with E-state index in [1.807, 2.05) is 0 Å². The first-order valence-corrected chi connectivity index (χ1v) is 24.5. The third-order valence-electron chi connectivity index (χ3n) is 17.9. The molecule has 5 saturated heterocycles. The van der Waals surface area contributed by atoms with E-state index < -0.39 is 110 Å². The van der Waals surface area contributed by atoms with Gasteiger partial charge in [-0.1, -0.05) is 39.3 Å². The van der Waals surface area contributed by atoms with Crippen LogP contribution in [0.5, 0.6) is 0 Å². The lowest BCUT2D eigenvalue weighted by molar-refractivity contribution is -0.372. The largest absolute Gasteiger partial charge is 0.463 e. The molecular weight excluding hydrogens is 865 g/mol. The van der Waals surface area contributed by atoms with Crippen LogP contribution in [-0.2, 0) is 57.0 Å². The molecule has 374 valence electrons. The number of esters is 2. The molecule has 9 rings (SSSR count). The van der Waals surface area contributed by atoms with Gasteiger partial charge in [0.05, 0.1) is 31.5 Å². The molecule has 66 heavy (non-hydrogen) atoms. The van der Waals surface area contributed by atoms with Crippen molar-refractivity contribution >= 4 is 11.9 Å². The number of hydrogen-bond acceptors (Lipinski definition) is 18. The normalized spacial score (nSPS) is 53.3. The van der Waals surface area contributed by atoms with Crippen molar-refractivity contribution in [3.05, 3.63) is 11.6 Å². The molecule has 6 N–H and O–H groups in total. The maximum absolute atomic E-state index is 11.9. The molecular formula is C48H74O18. The van der Waals surface area contributed by atoms with Crippen molar-refractivity contribution in [2.75, 3.05) is 19.8 Å². The average molecular weight is 939 g/mol. The molecule has 0 amide bonds. The van der Waals surface area contributed by atoms with Crippen molar-refractivity contribution in [3.8, 4) is 0 Å². The van der Waals surface area contributed by atoms with Crippen molar-refractivity contribution in [1.82, 2.24) is 0 Å². The summed E-state index contributed by atoms with van der Waals surface area (Å²) in [7, 11) is 0. The fourth-order valence-electron chi connectivity index (χ4n) is 14.2. The first kappa shape index (κ1) is 49.1. The van der Waals surface area contributed by atoms with E-state index >= 15 is 0 Å². The molecule has 1 spiro atoms. The summed E-state index contributed by atoms with van der Waals surface area (Å²) in [6.07, 6.45) is -9.00. The van der Waals surface area contributed by atoms with Gasteiger partial charge in [0.15, 0.2) is 30.8 Å². The van der Waals surface area contributed by atoms with E-state index in [2.05, 4.69) is 33.8 Å². The van der Waals surface area contributed by atoms with Gasteiger partial charge in [0.2, 0.25) is 0 Å². The highest BCUT2D eigenvalue weighted by Crippen LogP contribution is 2.70. The van der Waals surface area contributed by atoms with Gasteiger partial charge in [-0.2, -0.15) is 0 Å². The molecule has 3 saturated carbocycles. The monoisotopic (exact) mass is 938 g/mol. The highest BCUT2D eigenvalue weighted by molar-refractivity contribution is 5.66. The van der Waals surface area contributed by atoms with E-state index in [0.717, 1.165) is 58.5 Å². The Balaban J connectivity index is 0.897. The second-order valence-electron chi connectivity index (χ2n) is 21.8. The molecule has 0 aromatic carbocycles. The second kappa shape index (κ2) is 18.7. The summed E-state index contributed by atoms with van der Waals surface area (Å²) >= 11 is 0. The zero-order valence-corrected chi connectivity index (χ0v) is 39.3. The van der Waals surface area contributed by atoms with Gasteiger partial charge in [-0.15, -0.1) is 0 Å². The van der Waals surface area contributed by atoms with E-state index in [0.29, 0.717) is 48.3 Å². The van der Waals surface area contributed by atoms with Gasteiger partial charge in [-0.3, -0.25) is 9.59 Å². The number of rotatable bonds is 10. The number of hydrogen-bond donors (Lipinski definition) is 6. The lowest BCUT2D eigenvalue weighted by Gasteiger charge is -2.58. The number of ether oxygens (including phenoxy) is 10. The number of allylic oxidation sites excluding steroid dienone is 1. The van der Waals surface area contributed by atoms with Crippen LogP contribution in [0.4, 0.5) is 0 Å². The molecule has 0 bridgehead atoms. The summed E-state index contributed by atoms with van der Waals surface area (Å²) in [6, 6.07) is 0. The Labute approximate surface area is 386 Å². The molecule has 0 unspecified atom stereocenters. The molecule has 4 aliphatic carbocycles. The van der Waals surface area contributed by atoms with Crippen molar-refractivity contribution in [1.29, 1.82) is 0 Å². The van der Waals surface area contributed by atoms with E-state index in [9.17, 15) is 40.2 Å². The van der Waals surface area contributed by atoms with Crippen molar-refractivity contribution < 1.29 is 87.6 Å². The first-order chi connectivity index (χ1) is 31.2. The predicted octanol–water partition coefficient (Wildman–Crippen LogP) is 1.99. The average Bonchev–Trinajstić information content (AvgIpc) is 3.84. The number of carbonyl (C=O) groups excluding carboxylic acids is 2. The molecule has 5 heterocycles. The fraction of sp³-hybridized carbons (Fsp3) is 0.917. The molecule has 9 aliphatic rings. The van der Waals surface area contributed by atoms with Gasteiger partial charge in [0.25, 0.3) is 0 Å². The molecule has 0 aromatic heterocycles. The highest BCUT2D eigenvalue weighted by atomic mass is 16.8. The van der Waals surface area contributed by atoms with Gasteiger partial charge >= 0.3 is 11.9 Å². The van der Waals surface area contributed by atoms with Crippen molar-refractivity contribution in [3.63, 3.8) is 0 Å². The van der Waals surface area contributed by atoms with Crippen LogP contribution in [0, 0.1) is 46.3 Å². The van der Waals surface area contributed by atoms with E-state index in [4.69, 9.17) is 47.4 Å². The minimum absolute atomic E-state index is 0.0416. The predicted molar refractivity (Wildman–Crippen MR) is 227 cm³/mol. The Hall–Kier alpha value is -1.88. The van der Waals surface area contributed by atoms with Crippen molar-refractivity contribution in [2.24, 2.45) is 46.3 Å². The third kappa shape index (κ3) is 8.62. The molecule has 25 atom stereocenters. The van der Waals surface area contributed by atoms with Crippen LogP contribution in [-0.4, -0.2) is 166 Å². The summed E-state index contributed by atoms with van der Waals surface area (Å²) < 4.78 is 60.5. The minimum Gasteiger partial charge on any atom is -0.463 e. The summed E-state index contributed by atoms with van der Waals surface area (Å²) in [6.45, 7) is 13.4. The van der Waals surface area contributed by atoms with Gasteiger partial charge in [0, 0.05) is 26.2 Å².